The standard InChI is InChI=1S/C16H26N2O/c1-12-7-13(2)15(19-3)14(8-12)9-18-11-16(10-17)5-4-6-16/h7-8,18H,4-6,9-11,17H2,1-3H3. The zero-order chi connectivity index (χ0) is 13.9. The van der Waals surface area contributed by atoms with Crippen LogP contribution in [0, 0.1) is 19.3 Å². The third-order valence-corrected chi connectivity index (χ3v) is 4.36. The van der Waals surface area contributed by atoms with Gasteiger partial charge in [-0.3, -0.25) is 0 Å². The van der Waals surface area contributed by atoms with Crippen LogP contribution in [0.1, 0.15) is 36.0 Å². The molecule has 0 saturated heterocycles. The Labute approximate surface area is 116 Å². The molecule has 3 nitrogen and oxygen atoms in total. The maximum atomic E-state index is 5.89. The van der Waals surface area contributed by atoms with Gasteiger partial charge >= 0.3 is 0 Å². The summed E-state index contributed by atoms with van der Waals surface area (Å²) in [5.74, 6) is 1.01. The molecular formula is C16H26N2O. The molecule has 1 aliphatic rings. The minimum absolute atomic E-state index is 0.353. The highest BCUT2D eigenvalue weighted by atomic mass is 16.5. The number of rotatable bonds is 6. The Kier molecular flexibility index (Phi) is 4.48. The van der Waals surface area contributed by atoms with Crippen LogP contribution in [0.15, 0.2) is 12.1 Å². The van der Waals surface area contributed by atoms with E-state index in [1.54, 1.807) is 7.11 Å². The summed E-state index contributed by atoms with van der Waals surface area (Å²) in [6.45, 7) is 6.89. The molecule has 2 rings (SSSR count). The van der Waals surface area contributed by atoms with E-state index in [0.717, 1.165) is 25.4 Å². The van der Waals surface area contributed by atoms with Gasteiger partial charge in [-0.1, -0.05) is 24.1 Å². The van der Waals surface area contributed by atoms with Crippen LogP contribution in [0.3, 0.4) is 0 Å². The van der Waals surface area contributed by atoms with Gasteiger partial charge in [-0.15, -0.1) is 0 Å². The fourth-order valence-electron chi connectivity index (χ4n) is 3.06. The summed E-state index contributed by atoms with van der Waals surface area (Å²) in [6, 6.07) is 4.37. The van der Waals surface area contributed by atoms with Crippen molar-refractivity contribution in [2.75, 3.05) is 20.2 Å². The van der Waals surface area contributed by atoms with Crippen LogP contribution in [0.25, 0.3) is 0 Å². The van der Waals surface area contributed by atoms with Crippen molar-refractivity contribution in [2.24, 2.45) is 11.1 Å². The Morgan fingerprint density at radius 1 is 1.32 bits per heavy atom. The highest BCUT2D eigenvalue weighted by Crippen LogP contribution is 2.39. The van der Waals surface area contributed by atoms with E-state index in [0.29, 0.717) is 5.41 Å². The molecule has 0 heterocycles. The van der Waals surface area contributed by atoms with E-state index < -0.39 is 0 Å². The molecule has 1 fully saturated rings. The molecule has 106 valence electrons. The summed E-state index contributed by atoms with van der Waals surface area (Å²) in [5.41, 5.74) is 9.97. The van der Waals surface area contributed by atoms with Crippen molar-refractivity contribution in [3.8, 4) is 5.75 Å². The summed E-state index contributed by atoms with van der Waals surface area (Å²) in [4.78, 5) is 0. The number of nitrogens with two attached hydrogens (primary N) is 1. The van der Waals surface area contributed by atoms with Gasteiger partial charge in [0.05, 0.1) is 7.11 Å². The lowest BCUT2D eigenvalue weighted by atomic mass is 9.69. The first-order valence-electron chi connectivity index (χ1n) is 7.15. The Morgan fingerprint density at radius 2 is 2.05 bits per heavy atom. The van der Waals surface area contributed by atoms with Crippen molar-refractivity contribution in [1.29, 1.82) is 0 Å². The Morgan fingerprint density at radius 3 is 2.58 bits per heavy atom. The van der Waals surface area contributed by atoms with Crippen molar-refractivity contribution < 1.29 is 4.74 Å². The van der Waals surface area contributed by atoms with Crippen molar-refractivity contribution in [3.05, 3.63) is 28.8 Å². The van der Waals surface area contributed by atoms with Crippen LogP contribution in [0.4, 0.5) is 0 Å². The SMILES string of the molecule is COc1c(C)cc(C)cc1CNCC1(CN)CCC1. The predicted molar refractivity (Wildman–Crippen MR) is 79.5 cm³/mol. The first kappa shape index (κ1) is 14.4. The number of ether oxygens (including phenoxy) is 1. The monoisotopic (exact) mass is 262 g/mol. The average molecular weight is 262 g/mol. The van der Waals surface area contributed by atoms with Gasteiger partial charge in [0.25, 0.3) is 0 Å². The second-order valence-electron chi connectivity index (χ2n) is 5.94. The van der Waals surface area contributed by atoms with E-state index in [-0.39, 0.29) is 0 Å². The van der Waals surface area contributed by atoms with Gasteiger partial charge in [-0.05, 0) is 44.2 Å². The van der Waals surface area contributed by atoms with E-state index in [4.69, 9.17) is 10.5 Å². The van der Waals surface area contributed by atoms with Crippen molar-refractivity contribution in [2.45, 2.75) is 39.7 Å². The zero-order valence-electron chi connectivity index (χ0n) is 12.4. The maximum absolute atomic E-state index is 5.89. The number of nitrogens with one attached hydrogen (secondary N) is 1. The molecule has 0 aromatic heterocycles. The molecule has 1 aromatic rings. The molecule has 0 atom stereocenters. The van der Waals surface area contributed by atoms with Gasteiger partial charge in [0.1, 0.15) is 5.75 Å². The highest BCUT2D eigenvalue weighted by Gasteiger charge is 2.34. The predicted octanol–water partition coefficient (Wildman–Crippen LogP) is 2.53. The highest BCUT2D eigenvalue weighted by molar-refractivity contribution is 5.43. The lowest BCUT2D eigenvalue weighted by molar-refractivity contribution is 0.140. The molecule has 1 aliphatic carbocycles. The van der Waals surface area contributed by atoms with Crippen LogP contribution in [0.5, 0.6) is 5.75 Å². The van der Waals surface area contributed by atoms with Gasteiger partial charge in [0.2, 0.25) is 0 Å². The molecule has 0 spiro atoms. The van der Waals surface area contributed by atoms with E-state index in [2.05, 4.69) is 31.3 Å². The van der Waals surface area contributed by atoms with Gasteiger partial charge < -0.3 is 15.8 Å². The van der Waals surface area contributed by atoms with E-state index in [9.17, 15) is 0 Å². The quantitative estimate of drug-likeness (QED) is 0.828. The molecule has 1 saturated carbocycles. The molecule has 0 unspecified atom stereocenters. The van der Waals surface area contributed by atoms with Crippen LogP contribution >= 0.6 is 0 Å². The topological polar surface area (TPSA) is 47.3 Å². The van der Waals surface area contributed by atoms with E-state index in [1.807, 2.05) is 0 Å². The van der Waals surface area contributed by atoms with Crippen molar-refractivity contribution in [1.82, 2.24) is 5.32 Å². The fraction of sp³-hybridized carbons (Fsp3) is 0.625. The third-order valence-electron chi connectivity index (χ3n) is 4.36. The lowest BCUT2D eigenvalue weighted by Gasteiger charge is -2.41. The number of benzene rings is 1. The van der Waals surface area contributed by atoms with Gasteiger partial charge in [-0.25, -0.2) is 0 Å². The minimum Gasteiger partial charge on any atom is -0.496 e. The van der Waals surface area contributed by atoms with Gasteiger partial charge in [0, 0.05) is 18.7 Å². The maximum Gasteiger partial charge on any atom is 0.126 e. The summed E-state index contributed by atoms with van der Waals surface area (Å²) in [6.07, 6.45) is 3.85. The second kappa shape index (κ2) is 5.93. The molecule has 3 N–H and O–H groups in total. The van der Waals surface area contributed by atoms with Crippen LogP contribution in [0.2, 0.25) is 0 Å². The normalized spacial score (nSPS) is 17.1. The molecule has 0 amide bonds. The Balaban J connectivity index is 1.99. The average Bonchev–Trinajstić information content (AvgIpc) is 2.32. The van der Waals surface area contributed by atoms with E-state index in [1.165, 1.54) is 36.0 Å². The zero-order valence-corrected chi connectivity index (χ0v) is 12.4. The van der Waals surface area contributed by atoms with Crippen LogP contribution in [-0.4, -0.2) is 20.2 Å². The number of aryl methyl sites for hydroxylation is 2. The first-order chi connectivity index (χ1) is 9.10. The molecule has 1 aromatic carbocycles. The summed E-state index contributed by atoms with van der Waals surface area (Å²) in [7, 11) is 1.74. The molecular weight excluding hydrogens is 236 g/mol. The summed E-state index contributed by atoms with van der Waals surface area (Å²) >= 11 is 0. The Bertz CT molecular complexity index is 433. The van der Waals surface area contributed by atoms with Crippen molar-refractivity contribution in [3.63, 3.8) is 0 Å². The summed E-state index contributed by atoms with van der Waals surface area (Å²) in [5, 5.41) is 3.56. The number of hydrogen-bond donors (Lipinski definition) is 2. The van der Waals surface area contributed by atoms with Crippen LogP contribution in [-0.2, 0) is 6.54 Å². The van der Waals surface area contributed by atoms with E-state index >= 15 is 0 Å². The Hall–Kier alpha value is -1.06. The molecule has 0 bridgehead atoms. The largest absolute Gasteiger partial charge is 0.496 e. The minimum atomic E-state index is 0.353. The molecule has 3 heteroatoms. The fourth-order valence-corrected chi connectivity index (χ4v) is 3.06. The first-order valence-corrected chi connectivity index (χ1v) is 7.15. The number of hydrogen-bond acceptors (Lipinski definition) is 3. The molecule has 0 aliphatic heterocycles. The van der Waals surface area contributed by atoms with Gasteiger partial charge in [0.15, 0.2) is 0 Å². The molecule has 0 radical (unpaired) electrons. The smallest absolute Gasteiger partial charge is 0.126 e. The van der Waals surface area contributed by atoms with Gasteiger partial charge in [-0.2, -0.15) is 0 Å². The third kappa shape index (κ3) is 3.10. The lowest BCUT2D eigenvalue weighted by Crippen LogP contribution is -2.45. The molecule has 19 heavy (non-hydrogen) atoms. The van der Waals surface area contributed by atoms with Crippen molar-refractivity contribution >= 4 is 0 Å². The second-order valence-corrected chi connectivity index (χ2v) is 5.94. The number of methoxy groups -OCH3 is 1. The summed E-state index contributed by atoms with van der Waals surface area (Å²) < 4.78 is 5.52. The van der Waals surface area contributed by atoms with Crippen LogP contribution < -0.4 is 15.8 Å².